The van der Waals surface area contributed by atoms with Gasteiger partial charge < -0.3 is 0 Å². The fourth-order valence-electron chi connectivity index (χ4n) is 2.27. The highest BCUT2D eigenvalue weighted by atomic mass is 19.4. The molecule has 0 aliphatic rings. The third-order valence-corrected chi connectivity index (χ3v) is 3.34. The number of nitrogens with zero attached hydrogens (tertiary/aromatic N) is 3. The lowest BCUT2D eigenvalue weighted by Crippen LogP contribution is -2.08. The van der Waals surface area contributed by atoms with E-state index in [4.69, 9.17) is 0 Å². The van der Waals surface area contributed by atoms with Gasteiger partial charge in [-0.25, -0.2) is 14.1 Å². The van der Waals surface area contributed by atoms with Gasteiger partial charge in [0.15, 0.2) is 5.65 Å². The number of para-hydroxylation sites is 1. The van der Waals surface area contributed by atoms with E-state index in [9.17, 15) is 17.6 Å². The Morgan fingerprint density at radius 1 is 1.18 bits per heavy atom. The molecule has 0 N–H and O–H groups in total. The lowest BCUT2D eigenvalue weighted by atomic mass is 10.1. The zero-order chi connectivity index (χ0) is 15.9. The number of alkyl halides is 3. The van der Waals surface area contributed by atoms with Gasteiger partial charge in [0.1, 0.15) is 11.5 Å². The van der Waals surface area contributed by atoms with Crippen molar-refractivity contribution in [3.05, 3.63) is 53.6 Å². The highest BCUT2D eigenvalue weighted by molar-refractivity contribution is 5.81. The third kappa shape index (κ3) is 2.32. The van der Waals surface area contributed by atoms with Gasteiger partial charge in [-0.3, -0.25) is 0 Å². The van der Waals surface area contributed by atoms with E-state index in [0.29, 0.717) is 6.42 Å². The van der Waals surface area contributed by atoms with Gasteiger partial charge in [-0.2, -0.15) is 18.3 Å². The van der Waals surface area contributed by atoms with Gasteiger partial charge in [-0.05, 0) is 24.6 Å². The molecule has 0 saturated carbocycles. The molecular formula is C15H11F4N3. The molecule has 0 unspecified atom stereocenters. The van der Waals surface area contributed by atoms with Gasteiger partial charge in [0.25, 0.3) is 0 Å². The standard InChI is InChI=1S/C15H11F4N3/c1-2-9-7-11(15(17,18)19)10-8-20-22(14(10)21-9)13-6-4-3-5-12(13)16/h3-8H,2H2,1H3. The summed E-state index contributed by atoms with van der Waals surface area (Å²) in [5.41, 5.74) is -0.474. The minimum atomic E-state index is -4.52. The highest BCUT2D eigenvalue weighted by Gasteiger charge is 2.34. The first kappa shape index (κ1) is 14.5. The summed E-state index contributed by atoms with van der Waals surface area (Å²) in [5, 5.41) is 3.74. The van der Waals surface area contributed by atoms with Crippen LogP contribution in [-0.2, 0) is 12.6 Å². The average molecular weight is 309 g/mol. The molecule has 2 heterocycles. The largest absolute Gasteiger partial charge is 0.417 e. The predicted octanol–water partition coefficient (Wildman–Crippen LogP) is 4.14. The number of fused-ring (bicyclic) bond motifs is 1. The Balaban J connectivity index is 2.34. The summed E-state index contributed by atoms with van der Waals surface area (Å²) in [4.78, 5) is 4.18. The summed E-state index contributed by atoms with van der Waals surface area (Å²) in [5.74, 6) is -0.579. The number of aromatic nitrogens is 3. The Kier molecular flexibility index (Phi) is 3.35. The first-order valence-corrected chi connectivity index (χ1v) is 6.61. The van der Waals surface area contributed by atoms with Crippen LogP contribution in [0.4, 0.5) is 17.6 Å². The van der Waals surface area contributed by atoms with Crippen LogP contribution in [0.15, 0.2) is 36.5 Å². The molecule has 0 atom stereocenters. The Morgan fingerprint density at radius 2 is 1.91 bits per heavy atom. The van der Waals surface area contributed by atoms with E-state index in [0.717, 1.165) is 16.9 Å². The van der Waals surface area contributed by atoms with E-state index in [1.165, 1.54) is 18.2 Å². The molecule has 0 aliphatic carbocycles. The van der Waals surface area contributed by atoms with Crippen molar-refractivity contribution in [1.29, 1.82) is 0 Å². The zero-order valence-electron chi connectivity index (χ0n) is 11.5. The first-order valence-electron chi connectivity index (χ1n) is 6.61. The van der Waals surface area contributed by atoms with E-state index in [-0.39, 0.29) is 22.4 Å². The summed E-state index contributed by atoms with van der Waals surface area (Å²) in [6, 6.07) is 6.75. The average Bonchev–Trinajstić information content (AvgIpc) is 2.89. The van der Waals surface area contributed by atoms with Crippen LogP contribution in [0.3, 0.4) is 0 Å². The van der Waals surface area contributed by atoms with Crippen molar-refractivity contribution in [2.75, 3.05) is 0 Å². The second-order valence-electron chi connectivity index (χ2n) is 4.76. The molecule has 0 fully saturated rings. The summed E-state index contributed by atoms with van der Waals surface area (Å²) in [6.45, 7) is 1.71. The summed E-state index contributed by atoms with van der Waals surface area (Å²) in [6.07, 6.45) is -3.12. The molecule has 0 radical (unpaired) electrons. The van der Waals surface area contributed by atoms with Crippen LogP contribution < -0.4 is 0 Å². The number of benzene rings is 1. The summed E-state index contributed by atoms with van der Waals surface area (Å²) < 4.78 is 54.5. The molecular weight excluding hydrogens is 298 g/mol. The molecule has 0 amide bonds. The van der Waals surface area contributed by atoms with E-state index in [2.05, 4.69) is 10.1 Å². The minimum Gasteiger partial charge on any atom is -0.233 e. The van der Waals surface area contributed by atoms with Crippen molar-refractivity contribution < 1.29 is 17.6 Å². The molecule has 2 aromatic heterocycles. The van der Waals surface area contributed by atoms with Crippen LogP contribution in [0, 0.1) is 5.82 Å². The second kappa shape index (κ2) is 5.08. The van der Waals surface area contributed by atoms with Crippen LogP contribution in [0.5, 0.6) is 0 Å². The van der Waals surface area contributed by atoms with E-state index in [1.807, 2.05) is 0 Å². The molecule has 1 aromatic carbocycles. The molecule has 3 nitrogen and oxygen atoms in total. The molecule has 22 heavy (non-hydrogen) atoms. The summed E-state index contributed by atoms with van der Waals surface area (Å²) in [7, 11) is 0. The van der Waals surface area contributed by atoms with Crippen molar-refractivity contribution in [3.8, 4) is 5.69 Å². The van der Waals surface area contributed by atoms with Crippen molar-refractivity contribution in [2.45, 2.75) is 19.5 Å². The number of rotatable bonds is 2. The lowest BCUT2D eigenvalue weighted by Gasteiger charge is -2.10. The van der Waals surface area contributed by atoms with Gasteiger partial charge in [-0.1, -0.05) is 19.1 Å². The Bertz CT molecular complexity index is 836. The van der Waals surface area contributed by atoms with Crippen molar-refractivity contribution in [3.63, 3.8) is 0 Å². The monoisotopic (exact) mass is 309 g/mol. The number of pyridine rings is 1. The molecule has 0 saturated heterocycles. The van der Waals surface area contributed by atoms with Gasteiger partial charge >= 0.3 is 6.18 Å². The molecule has 3 aromatic rings. The number of halogens is 4. The Hall–Kier alpha value is -2.44. The topological polar surface area (TPSA) is 30.7 Å². The zero-order valence-corrected chi connectivity index (χ0v) is 11.5. The van der Waals surface area contributed by atoms with Crippen LogP contribution in [-0.4, -0.2) is 14.8 Å². The normalized spacial score (nSPS) is 12.0. The molecule has 0 spiro atoms. The molecule has 0 aliphatic heterocycles. The second-order valence-corrected chi connectivity index (χ2v) is 4.76. The maximum absolute atomic E-state index is 13.9. The molecule has 114 valence electrons. The van der Waals surface area contributed by atoms with Gasteiger partial charge in [0.2, 0.25) is 0 Å². The predicted molar refractivity (Wildman–Crippen MR) is 73.2 cm³/mol. The fourth-order valence-corrected chi connectivity index (χ4v) is 2.27. The minimum absolute atomic E-state index is 0.00299. The number of hydrogen-bond donors (Lipinski definition) is 0. The van der Waals surface area contributed by atoms with Gasteiger partial charge in [0.05, 0.1) is 17.1 Å². The highest BCUT2D eigenvalue weighted by Crippen LogP contribution is 2.35. The van der Waals surface area contributed by atoms with Crippen molar-refractivity contribution in [2.24, 2.45) is 0 Å². The maximum atomic E-state index is 13.9. The quantitative estimate of drug-likeness (QED) is 0.666. The molecule has 0 bridgehead atoms. The van der Waals surface area contributed by atoms with E-state index in [1.54, 1.807) is 13.0 Å². The Labute approximate surface area is 123 Å². The number of hydrogen-bond acceptors (Lipinski definition) is 2. The van der Waals surface area contributed by atoms with Gasteiger partial charge in [-0.15, -0.1) is 0 Å². The first-order chi connectivity index (χ1) is 10.4. The van der Waals surface area contributed by atoms with Crippen LogP contribution in [0.2, 0.25) is 0 Å². The van der Waals surface area contributed by atoms with Crippen molar-refractivity contribution >= 4 is 11.0 Å². The van der Waals surface area contributed by atoms with Gasteiger partial charge in [0, 0.05) is 5.69 Å². The fraction of sp³-hybridized carbons (Fsp3) is 0.200. The Morgan fingerprint density at radius 3 is 2.55 bits per heavy atom. The van der Waals surface area contributed by atoms with Crippen LogP contribution in [0.1, 0.15) is 18.2 Å². The molecule has 3 rings (SSSR count). The summed E-state index contributed by atoms with van der Waals surface area (Å²) >= 11 is 0. The SMILES string of the molecule is CCc1cc(C(F)(F)F)c2cnn(-c3ccccc3F)c2n1. The smallest absolute Gasteiger partial charge is 0.233 e. The van der Waals surface area contributed by atoms with E-state index >= 15 is 0 Å². The molecule has 7 heteroatoms. The van der Waals surface area contributed by atoms with Crippen LogP contribution >= 0.6 is 0 Å². The van der Waals surface area contributed by atoms with Crippen molar-refractivity contribution in [1.82, 2.24) is 14.8 Å². The van der Waals surface area contributed by atoms with Crippen LogP contribution in [0.25, 0.3) is 16.7 Å². The van der Waals surface area contributed by atoms with E-state index < -0.39 is 17.6 Å². The maximum Gasteiger partial charge on any atom is 0.417 e. The lowest BCUT2D eigenvalue weighted by molar-refractivity contribution is -0.136. The third-order valence-electron chi connectivity index (χ3n) is 3.34. The number of aryl methyl sites for hydroxylation is 1.